The first-order chi connectivity index (χ1) is 8.59. The summed E-state index contributed by atoms with van der Waals surface area (Å²) in [6.07, 6.45) is 2.59. The Morgan fingerprint density at radius 2 is 1.50 bits per heavy atom. The molecule has 0 amide bonds. The van der Waals surface area contributed by atoms with Gasteiger partial charge in [-0.25, -0.2) is 0 Å². The zero-order valence-corrected chi connectivity index (χ0v) is 12.4. The molecule has 0 fully saturated rings. The number of hydrogen-bond acceptors (Lipinski definition) is 1. The first-order valence-electron chi connectivity index (χ1n) is 7.35. The highest BCUT2D eigenvalue weighted by Crippen LogP contribution is 2.22. The van der Waals surface area contributed by atoms with Gasteiger partial charge in [-0.1, -0.05) is 64.4 Å². The van der Waals surface area contributed by atoms with Crippen LogP contribution < -0.4 is 5.32 Å². The Balaban J connectivity index is 2.52. The Bertz CT molecular complexity index is 303. The summed E-state index contributed by atoms with van der Waals surface area (Å²) in [5.41, 5.74) is 1.48. The van der Waals surface area contributed by atoms with E-state index in [4.69, 9.17) is 0 Å². The minimum Gasteiger partial charge on any atom is -0.316 e. The molecular weight excluding hydrogens is 218 g/mol. The molecule has 0 spiro atoms. The Labute approximate surface area is 113 Å². The third-order valence-electron chi connectivity index (χ3n) is 3.31. The van der Waals surface area contributed by atoms with Gasteiger partial charge in [-0.3, -0.25) is 0 Å². The van der Waals surface area contributed by atoms with E-state index >= 15 is 0 Å². The van der Waals surface area contributed by atoms with E-state index in [-0.39, 0.29) is 0 Å². The molecule has 1 aromatic rings. The maximum Gasteiger partial charge on any atom is 0.00202 e. The van der Waals surface area contributed by atoms with Crippen molar-refractivity contribution in [3.05, 3.63) is 35.9 Å². The van der Waals surface area contributed by atoms with E-state index in [1.165, 1.54) is 18.4 Å². The minimum absolute atomic E-state index is 0.660. The Morgan fingerprint density at radius 3 is 2.06 bits per heavy atom. The average molecular weight is 247 g/mol. The quantitative estimate of drug-likeness (QED) is 0.715. The molecular formula is C17H29N. The van der Waals surface area contributed by atoms with Crippen molar-refractivity contribution in [1.82, 2.24) is 5.32 Å². The monoisotopic (exact) mass is 247 g/mol. The lowest BCUT2D eigenvalue weighted by atomic mass is 9.91. The molecule has 1 nitrogen and oxygen atoms in total. The molecule has 0 heterocycles. The second kappa shape index (κ2) is 8.31. The van der Waals surface area contributed by atoms with E-state index in [0.717, 1.165) is 24.9 Å². The summed E-state index contributed by atoms with van der Waals surface area (Å²) in [6, 6.07) is 10.9. The lowest BCUT2D eigenvalue weighted by Crippen LogP contribution is -2.25. The molecule has 0 radical (unpaired) electrons. The van der Waals surface area contributed by atoms with Gasteiger partial charge in [-0.15, -0.1) is 0 Å². The first kappa shape index (κ1) is 15.2. The van der Waals surface area contributed by atoms with Crippen LogP contribution in [0.4, 0.5) is 0 Å². The van der Waals surface area contributed by atoms with Crippen LogP contribution in [0.2, 0.25) is 0 Å². The van der Waals surface area contributed by atoms with Gasteiger partial charge in [-0.05, 0) is 36.3 Å². The highest BCUT2D eigenvalue weighted by atomic mass is 14.9. The van der Waals surface area contributed by atoms with Crippen molar-refractivity contribution in [1.29, 1.82) is 0 Å². The Kier molecular flexibility index (Phi) is 7.04. The van der Waals surface area contributed by atoms with Crippen molar-refractivity contribution in [3.8, 4) is 0 Å². The third kappa shape index (κ3) is 6.20. The van der Waals surface area contributed by atoms with Crippen LogP contribution in [0.3, 0.4) is 0 Å². The van der Waals surface area contributed by atoms with E-state index in [0.29, 0.717) is 5.92 Å². The molecule has 0 bridgehead atoms. The molecule has 0 saturated heterocycles. The van der Waals surface area contributed by atoms with Gasteiger partial charge in [0.25, 0.3) is 0 Å². The van der Waals surface area contributed by atoms with Crippen LogP contribution in [-0.2, 0) is 0 Å². The molecule has 1 unspecified atom stereocenters. The first-order valence-corrected chi connectivity index (χ1v) is 7.35. The van der Waals surface area contributed by atoms with Gasteiger partial charge in [0.2, 0.25) is 0 Å². The molecule has 1 heteroatoms. The maximum atomic E-state index is 3.61. The molecule has 18 heavy (non-hydrogen) atoms. The van der Waals surface area contributed by atoms with Crippen LogP contribution in [0.5, 0.6) is 0 Å². The SMILES string of the molecule is CC(C)CCC(CNCC(C)C)c1ccccc1. The number of benzene rings is 1. The second-order valence-corrected chi connectivity index (χ2v) is 6.13. The number of rotatable bonds is 8. The van der Waals surface area contributed by atoms with Gasteiger partial charge in [0.1, 0.15) is 0 Å². The Hall–Kier alpha value is -0.820. The fourth-order valence-corrected chi connectivity index (χ4v) is 2.19. The molecule has 102 valence electrons. The molecule has 0 aliphatic carbocycles. The van der Waals surface area contributed by atoms with Crippen LogP contribution in [0, 0.1) is 11.8 Å². The number of hydrogen-bond donors (Lipinski definition) is 1. The van der Waals surface area contributed by atoms with Crippen LogP contribution in [0.25, 0.3) is 0 Å². The van der Waals surface area contributed by atoms with Crippen LogP contribution in [-0.4, -0.2) is 13.1 Å². The molecule has 1 atom stereocenters. The van der Waals surface area contributed by atoms with Crippen LogP contribution >= 0.6 is 0 Å². The highest BCUT2D eigenvalue weighted by molar-refractivity contribution is 5.19. The van der Waals surface area contributed by atoms with E-state index in [9.17, 15) is 0 Å². The van der Waals surface area contributed by atoms with Crippen molar-refractivity contribution in [2.75, 3.05) is 13.1 Å². The molecule has 0 saturated carbocycles. The zero-order valence-electron chi connectivity index (χ0n) is 12.4. The predicted molar refractivity (Wildman–Crippen MR) is 81.0 cm³/mol. The average Bonchev–Trinajstić information content (AvgIpc) is 2.34. The third-order valence-corrected chi connectivity index (χ3v) is 3.31. The molecule has 0 aromatic heterocycles. The number of nitrogens with one attached hydrogen (secondary N) is 1. The van der Waals surface area contributed by atoms with Crippen LogP contribution in [0.15, 0.2) is 30.3 Å². The molecule has 1 N–H and O–H groups in total. The van der Waals surface area contributed by atoms with Crippen molar-refractivity contribution in [2.45, 2.75) is 46.5 Å². The fraction of sp³-hybridized carbons (Fsp3) is 0.647. The largest absolute Gasteiger partial charge is 0.316 e. The van der Waals surface area contributed by atoms with Crippen molar-refractivity contribution in [3.63, 3.8) is 0 Å². The normalized spacial score (nSPS) is 13.2. The Morgan fingerprint density at radius 1 is 0.833 bits per heavy atom. The summed E-state index contributed by atoms with van der Waals surface area (Å²) in [4.78, 5) is 0. The summed E-state index contributed by atoms with van der Waals surface area (Å²) in [6.45, 7) is 11.4. The standard InChI is InChI=1S/C17H29N/c1-14(2)10-11-17(13-18-12-15(3)4)16-8-6-5-7-9-16/h5-9,14-15,17-18H,10-13H2,1-4H3. The van der Waals surface area contributed by atoms with E-state index < -0.39 is 0 Å². The van der Waals surface area contributed by atoms with Gasteiger partial charge in [0.15, 0.2) is 0 Å². The van der Waals surface area contributed by atoms with E-state index in [1.807, 2.05) is 0 Å². The maximum absolute atomic E-state index is 3.61. The topological polar surface area (TPSA) is 12.0 Å². The fourth-order valence-electron chi connectivity index (χ4n) is 2.19. The smallest absolute Gasteiger partial charge is 0.00202 e. The van der Waals surface area contributed by atoms with Crippen molar-refractivity contribution in [2.24, 2.45) is 11.8 Å². The molecule has 1 aromatic carbocycles. The van der Waals surface area contributed by atoms with E-state index in [2.05, 4.69) is 63.3 Å². The van der Waals surface area contributed by atoms with E-state index in [1.54, 1.807) is 0 Å². The molecule has 1 rings (SSSR count). The van der Waals surface area contributed by atoms with Gasteiger partial charge in [0.05, 0.1) is 0 Å². The summed E-state index contributed by atoms with van der Waals surface area (Å²) in [5, 5.41) is 3.61. The van der Waals surface area contributed by atoms with Crippen molar-refractivity contribution < 1.29 is 0 Å². The lowest BCUT2D eigenvalue weighted by Gasteiger charge is -2.20. The summed E-state index contributed by atoms with van der Waals surface area (Å²) < 4.78 is 0. The predicted octanol–water partition coefficient (Wildman–Crippen LogP) is 4.45. The highest BCUT2D eigenvalue weighted by Gasteiger charge is 2.11. The lowest BCUT2D eigenvalue weighted by molar-refractivity contribution is 0.459. The van der Waals surface area contributed by atoms with Crippen molar-refractivity contribution >= 4 is 0 Å². The second-order valence-electron chi connectivity index (χ2n) is 6.13. The summed E-state index contributed by atoms with van der Waals surface area (Å²) in [5.74, 6) is 2.18. The molecule has 0 aliphatic heterocycles. The van der Waals surface area contributed by atoms with Gasteiger partial charge < -0.3 is 5.32 Å². The molecule has 0 aliphatic rings. The summed E-state index contributed by atoms with van der Waals surface area (Å²) in [7, 11) is 0. The van der Waals surface area contributed by atoms with Gasteiger partial charge in [-0.2, -0.15) is 0 Å². The minimum atomic E-state index is 0.660. The van der Waals surface area contributed by atoms with Gasteiger partial charge in [0, 0.05) is 6.54 Å². The summed E-state index contributed by atoms with van der Waals surface area (Å²) >= 11 is 0. The zero-order chi connectivity index (χ0) is 13.4. The van der Waals surface area contributed by atoms with Crippen LogP contribution in [0.1, 0.15) is 52.0 Å². The van der Waals surface area contributed by atoms with Gasteiger partial charge >= 0.3 is 0 Å².